The van der Waals surface area contributed by atoms with Crippen molar-refractivity contribution in [1.82, 2.24) is 24.8 Å². The van der Waals surface area contributed by atoms with Crippen LogP contribution in [-0.4, -0.2) is 63.1 Å². The number of fused-ring (bicyclic) bond motifs is 1. The summed E-state index contributed by atoms with van der Waals surface area (Å²) in [6.07, 6.45) is 2.47. The molecule has 8 nitrogen and oxygen atoms in total. The van der Waals surface area contributed by atoms with Crippen LogP contribution < -0.4 is 5.56 Å². The molecular weight excluding hydrogens is 438 g/mol. The largest absolute Gasteiger partial charge is 0.336 e. The summed E-state index contributed by atoms with van der Waals surface area (Å²) in [5.41, 5.74) is 2.96. The van der Waals surface area contributed by atoms with Crippen LogP contribution in [-0.2, 0) is 6.54 Å². The van der Waals surface area contributed by atoms with Crippen molar-refractivity contribution >= 4 is 33.7 Å². The number of rotatable bonds is 5. The molecular formula is C24H21N5O3S. The molecule has 166 valence electrons. The number of H-pyrrole nitrogens is 1. The molecule has 33 heavy (non-hydrogen) atoms. The summed E-state index contributed by atoms with van der Waals surface area (Å²) in [4.78, 5) is 52.4. The van der Waals surface area contributed by atoms with E-state index in [4.69, 9.17) is 0 Å². The van der Waals surface area contributed by atoms with E-state index in [1.807, 2.05) is 35.2 Å². The molecule has 0 aliphatic carbocycles. The van der Waals surface area contributed by atoms with Crippen molar-refractivity contribution < 1.29 is 9.59 Å². The molecule has 4 aromatic rings. The molecule has 3 aromatic heterocycles. The average Bonchev–Trinajstić information content (AvgIpc) is 3.30. The van der Waals surface area contributed by atoms with Crippen LogP contribution in [0.5, 0.6) is 0 Å². The number of thiophene rings is 1. The number of carbonyl (C=O) groups excluding carboxylic acids is 2. The Labute approximate surface area is 193 Å². The van der Waals surface area contributed by atoms with Gasteiger partial charge in [-0.05, 0) is 17.7 Å². The number of amides is 1. The Kier molecular flexibility index (Phi) is 5.80. The van der Waals surface area contributed by atoms with Crippen molar-refractivity contribution in [1.29, 1.82) is 0 Å². The van der Waals surface area contributed by atoms with Gasteiger partial charge in [0.15, 0.2) is 5.82 Å². The SMILES string of the molecule is O=Cc1ccc(CN2CCN(C(=O)c3csc4c(=O)[nH]c(-c5ccccn5)nc34)CC2)cc1. The maximum absolute atomic E-state index is 13.3. The second-order valence-corrected chi connectivity index (χ2v) is 8.76. The van der Waals surface area contributed by atoms with Crippen molar-refractivity contribution in [2.24, 2.45) is 0 Å². The lowest BCUT2D eigenvalue weighted by atomic mass is 10.1. The highest BCUT2D eigenvalue weighted by molar-refractivity contribution is 7.17. The minimum absolute atomic E-state index is 0.110. The fraction of sp³-hybridized carbons (Fsp3) is 0.208. The number of aldehydes is 1. The quantitative estimate of drug-likeness (QED) is 0.461. The lowest BCUT2D eigenvalue weighted by Crippen LogP contribution is -2.48. The second kappa shape index (κ2) is 9.05. The van der Waals surface area contributed by atoms with Gasteiger partial charge >= 0.3 is 0 Å². The number of pyridine rings is 1. The molecule has 4 heterocycles. The summed E-state index contributed by atoms with van der Waals surface area (Å²) >= 11 is 1.23. The number of aromatic amines is 1. The van der Waals surface area contributed by atoms with Crippen LogP contribution in [0.4, 0.5) is 0 Å². The van der Waals surface area contributed by atoms with Gasteiger partial charge in [-0.15, -0.1) is 11.3 Å². The summed E-state index contributed by atoms with van der Waals surface area (Å²) in [5.74, 6) is 0.243. The third-order valence-electron chi connectivity index (χ3n) is 5.75. The Morgan fingerprint density at radius 3 is 2.58 bits per heavy atom. The second-order valence-electron chi connectivity index (χ2n) is 7.88. The summed E-state index contributed by atoms with van der Waals surface area (Å²) in [5, 5.41) is 1.72. The highest BCUT2D eigenvalue weighted by Gasteiger charge is 2.25. The normalized spacial score (nSPS) is 14.5. The van der Waals surface area contributed by atoms with Crippen LogP contribution in [0.15, 0.2) is 58.8 Å². The van der Waals surface area contributed by atoms with Gasteiger partial charge in [0.25, 0.3) is 11.5 Å². The maximum Gasteiger partial charge on any atom is 0.269 e. The first-order valence-corrected chi connectivity index (χ1v) is 11.5. The van der Waals surface area contributed by atoms with Crippen molar-refractivity contribution in [3.05, 3.63) is 81.1 Å². The van der Waals surface area contributed by atoms with Gasteiger partial charge in [0.1, 0.15) is 22.2 Å². The van der Waals surface area contributed by atoms with Crippen LogP contribution >= 0.6 is 11.3 Å². The Balaban J connectivity index is 1.31. The monoisotopic (exact) mass is 459 g/mol. The number of hydrogen-bond donors (Lipinski definition) is 1. The molecule has 1 aliphatic heterocycles. The van der Waals surface area contributed by atoms with E-state index in [0.29, 0.717) is 46.0 Å². The summed E-state index contributed by atoms with van der Waals surface area (Å²) in [7, 11) is 0. The van der Waals surface area contributed by atoms with Gasteiger partial charge < -0.3 is 9.88 Å². The third kappa shape index (κ3) is 4.33. The predicted octanol–water partition coefficient (Wildman–Crippen LogP) is 2.82. The standard InChI is InChI=1S/C24H21N5O3S/c30-14-17-6-4-16(5-7-17)13-28-9-11-29(12-10-28)24(32)18-15-33-21-20(18)26-22(27-23(21)31)19-3-1-2-8-25-19/h1-8,14-15H,9-13H2,(H,26,27,31). The molecule has 0 radical (unpaired) electrons. The molecule has 5 rings (SSSR count). The molecule has 0 spiro atoms. The lowest BCUT2D eigenvalue weighted by Gasteiger charge is -2.34. The number of hydrogen-bond acceptors (Lipinski definition) is 7. The highest BCUT2D eigenvalue weighted by atomic mass is 32.1. The van der Waals surface area contributed by atoms with Crippen molar-refractivity contribution in [3.63, 3.8) is 0 Å². The van der Waals surface area contributed by atoms with Gasteiger partial charge in [-0.2, -0.15) is 0 Å². The number of nitrogens with zero attached hydrogens (tertiary/aromatic N) is 4. The first-order valence-electron chi connectivity index (χ1n) is 10.6. The molecule has 1 aliphatic rings. The average molecular weight is 460 g/mol. The molecule has 0 bridgehead atoms. The van der Waals surface area contributed by atoms with Gasteiger partial charge in [-0.25, -0.2) is 4.98 Å². The fourth-order valence-corrected chi connectivity index (χ4v) is 4.82. The zero-order valence-electron chi connectivity index (χ0n) is 17.7. The zero-order chi connectivity index (χ0) is 22.8. The minimum Gasteiger partial charge on any atom is -0.336 e. The van der Waals surface area contributed by atoms with Crippen molar-refractivity contribution in [3.8, 4) is 11.5 Å². The summed E-state index contributed by atoms with van der Waals surface area (Å²) in [6, 6.07) is 12.9. The van der Waals surface area contributed by atoms with Crippen LogP contribution in [0.3, 0.4) is 0 Å². The molecule has 0 unspecified atom stereocenters. The van der Waals surface area contributed by atoms with E-state index >= 15 is 0 Å². The van der Waals surface area contributed by atoms with Crippen LogP contribution in [0, 0.1) is 0 Å². The molecule has 0 saturated carbocycles. The first kappa shape index (κ1) is 21.2. The molecule has 1 fully saturated rings. The van der Waals surface area contributed by atoms with E-state index in [1.54, 1.807) is 23.7 Å². The Hall–Kier alpha value is -3.69. The van der Waals surface area contributed by atoms with E-state index in [9.17, 15) is 14.4 Å². The van der Waals surface area contributed by atoms with E-state index in [-0.39, 0.29) is 11.5 Å². The van der Waals surface area contributed by atoms with Crippen molar-refractivity contribution in [2.75, 3.05) is 26.2 Å². The van der Waals surface area contributed by atoms with E-state index in [1.165, 1.54) is 11.3 Å². The first-order chi connectivity index (χ1) is 16.1. The van der Waals surface area contributed by atoms with Gasteiger partial charge in [0.05, 0.1) is 5.56 Å². The van der Waals surface area contributed by atoms with Gasteiger partial charge in [-0.1, -0.05) is 30.3 Å². The Morgan fingerprint density at radius 1 is 1.09 bits per heavy atom. The fourth-order valence-electron chi connectivity index (χ4n) is 3.94. The molecule has 1 N–H and O–H groups in total. The molecule has 0 atom stereocenters. The number of benzene rings is 1. The van der Waals surface area contributed by atoms with Crippen LogP contribution in [0.25, 0.3) is 21.7 Å². The predicted molar refractivity (Wildman–Crippen MR) is 126 cm³/mol. The maximum atomic E-state index is 13.3. The van der Waals surface area contributed by atoms with Crippen LogP contribution in [0.2, 0.25) is 0 Å². The molecule has 1 saturated heterocycles. The summed E-state index contributed by atoms with van der Waals surface area (Å²) in [6.45, 7) is 3.46. The number of nitrogens with one attached hydrogen (secondary N) is 1. The topological polar surface area (TPSA) is 99.3 Å². The van der Waals surface area contributed by atoms with Crippen molar-refractivity contribution in [2.45, 2.75) is 6.54 Å². The van der Waals surface area contributed by atoms with E-state index in [0.717, 1.165) is 31.5 Å². The summed E-state index contributed by atoms with van der Waals surface area (Å²) < 4.78 is 0.440. The Bertz CT molecular complexity index is 1360. The zero-order valence-corrected chi connectivity index (χ0v) is 18.5. The molecule has 1 amide bonds. The minimum atomic E-state index is -0.268. The van der Waals surface area contributed by atoms with E-state index in [2.05, 4.69) is 19.9 Å². The number of carbonyl (C=O) groups is 2. The number of piperazine rings is 1. The van der Waals surface area contributed by atoms with Gasteiger partial charge in [0, 0.05) is 49.9 Å². The van der Waals surface area contributed by atoms with Gasteiger partial charge in [-0.3, -0.25) is 24.3 Å². The van der Waals surface area contributed by atoms with E-state index < -0.39 is 0 Å². The Morgan fingerprint density at radius 2 is 1.88 bits per heavy atom. The lowest BCUT2D eigenvalue weighted by molar-refractivity contribution is 0.0630. The molecule has 1 aromatic carbocycles. The third-order valence-corrected chi connectivity index (χ3v) is 6.71. The smallest absolute Gasteiger partial charge is 0.269 e. The van der Waals surface area contributed by atoms with Crippen LogP contribution in [0.1, 0.15) is 26.3 Å². The van der Waals surface area contributed by atoms with Gasteiger partial charge in [0.2, 0.25) is 0 Å². The highest BCUT2D eigenvalue weighted by Crippen LogP contribution is 2.25. The molecule has 9 heteroatoms. The number of aromatic nitrogens is 3.